The van der Waals surface area contributed by atoms with Gasteiger partial charge in [-0.15, -0.1) is 0 Å². The van der Waals surface area contributed by atoms with Crippen molar-refractivity contribution >= 4 is 0 Å². The molecule has 84 valence electrons. The molecule has 1 saturated carbocycles. The lowest BCUT2D eigenvalue weighted by atomic mass is 9.68. The monoisotopic (exact) mass is 209 g/mol. The van der Waals surface area contributed by atoms with Gasteiger partial charge in [-0.25, -0.2) is 0 Å². The Labute approximate surface area is 91.4 Å². The normalized spacial score (nSPS) is 27.7. The maximum Gasteiger partial charge on any atom is 0.168 e. The molecule has 0 aromatic heterocycles. The predicted molar refractivity (Wildman–Crippen MR) is 56.1 cm³/mol. The maximum atomic E-state index is 8.86. The van der Waals surface area contributed by atoms with Crippen LogP contribution in [0, 0.1) is 16.7 Å². The van der Waals surface area contributed by atoms with Crippen LogP contribution in [0.25, 0.3) is 0 Å². The molecule has 0 unspecified atom stereocenters. The van der Waals surface area contributed by atoms with Gasteiger partial charge >= 0.3 is 0 Å². The standard InChI is InChI=1S/C12H19NO2/c1-2-11(7-8-13)3-5-12(6-4-11)14-9-10-15-12/h2-7,9-10H2,1H3. The first-order valence-electron chi connectivity index (χ1n) is 5.89. The minimum absolute atomic E-state index is 0.231. The Kier molecular flexibility index (Phi) is 2.99. The molecule has 2 rings (SSSR count). The zero-order valence-electron chi connectivity index (χ0n) is 9.42. The molecular weight excluding hydrogens is 190 g/mol. The second-order valence-corrected chi connectivity index (χ2v) is 4.80. The Balaban J connectivity index is 1.98. The van der Waals surface area contributed by atoms with E-state index in [0.29, 0.717) is 6.42 Å². The summed E-state index contributed by atoms with van der Waals surface area (Å²) in [6, 6.07) is 2.33. The van der Waals surface area contributed by atoms with Gasteiger partial charge in [-0.2, -0.15) is 5.26 Å². The molecule has 0 aromatic carbocycles. The molecule has 15 heavy (non-hydrogen) atoms. The smallest absolute Gasteiger partial charge is 0.168 e. The molecular formula is C12H19NO2. The molecule has 2 aliphatic rings. The van der Waals surface area contributed by atoms with E-state index in [1.54, 1.807) is 0 Å². The van der Waals surface area contributed by atoms with E-state index < -0.39 is 0 Å². The largest absolute Gasteiger partial charge is 0.348 e. The highest BCUT2D eigenvalue weighted by molar-refractivity contribution is 4.95. The summed E-state index contributed by atoms with van der Waals surface area (Å²) < 4.78 is 11.4. The molecule has 0 aromatic rings. The highest BCUT2D eigenvalue weighted by atomic mass is 16.7. The minimum atomic E-state index is -0.284. The lowest BCUT2D eigenvalue weighted by Gasteiger charge is -2.42. The number of ether oxygens (including phenoxy) is 2. The van der Waals surface area contributed by atoms with E-state index in [-0.39, 0.29) is 11.2 Å². The first-order chi connectivity index (χ1) is 7.24. The van der Waals surface area contributed by atoms with Crippen LogP contribution in [0.4, 0.5) is 0 Å². The Hall–Kier alpha value is -0.590. The molecule has 0 atom stereocenters. The van der Waals surface area contributed by atoms with E-state index in [0.717, 1.165) is 45.3 Å². The van der Waals surface area contributed by atoms with Crippen LogP contribution >= 0.6 is 0 Å². The van der Waals surface area contributed by atoms with Gasteiger partial charge in [0.2, 0.25) is 0 Å². The third kappa shape index (κ3) is 2.02. The number of rotatable bonds is 2. The summed E-state index contributed by atoms with van der Waals surface area (Å²) in [4.78, 5) is 0. The Morgan fingerprint density at radius 2 is 1.73 bits per heavy atom. The highest BCUT2D eigenvalue weighted by Gasteiger charge is 2.45. The number of nitriles is 1. The second kappa shape index (κ2) is 4.11. The molecule has 0 radical (unpaired) electrons. The predicted octanol–water partition coefficient (Wildman–Crippen LogP) is 2.61. The zero-order valence-corrected chi connectivity index (χ0v) is 9.42. The third-order valence-corrected chi connectivity index (χ3v) is 4.09. The summed E-state index contributed by atoms with van der Waals surface area (Å²) in [6.45, 7) is 3.65. The SMILES string of the molecule is CCC1(CC#N)CCC2(CC1)OCCO2. The van der Waals surface area contributed by atoms with Crippen LogP contribution in [0.5, 0.6) is 0 Å². The molecule has 0 bridgehead atoms. The molecule has 0 amide bonds. The fourth-order valence-electron chi connectivity index (χ4n) is 2.77. The van der Waals surface area contributed by atoms with Crippen LogP contribution in [0.3, 0.4) is 0 Å². The summed E-state index contributed by atoms with van der Waals surface area (Å²) >= 11 is 0. The summed E-state index contributed by atoms with van der Waals surface area (Å²) in [7, 11) is 0. The zero-order chi connectivity index (χ0) is 10.8. The van der Waals surface area contributed by atoms with Crippen LogP contribution in [0.15, 0.2) is 0 Å². The van der Waals surface area contributed by atoms with Crippen molar-refractivity contribution in [2.45, 2.75) is 51.2 Å². The Morgan fingerprint density at radius 1 is 1.13 bits per heavy atom. The van der Waals surface area contributed by atoms with E-state index in [2.05, 4.69) is 13.0 Å². The van der Waals surface area contributed by atoms with E-state index >= 15 is 0 Å². The van der Waals surface area contributed by atoms with Gasteiger partial charge in [0.1, 0.15) is 0 Å². The van der Waals surface area contributed by atoms with Crippen LogP contribution in [-0.4, -0.2) is 19.0 Å². The molecule has 1 spiro atoms. The number of hydrogen-bond acceptors (Lipinski definition) is 3. The fraction of sp³-hybridized carbons (Fsp3) is 0.917. The van der Waals surface area contributed by atoms with E-state index in [1.807, 2.05) is 0 Å². The molecule has 1 heterocycles. The lowest BCUT2D eigenvalue weighted by molar-refractivity contribution is -0.191. The van der Waals surface area contributed by atoms with Crippen LogP contribution in [0.2, 0.25) is 0 Å². The van der Waals surface area contributed by atoms with E-state index in [4.69, 9.17) is 14.7 Å². The van der Waals surface area contributed by atoms with Crippen molar-refractivity contribution in [2.24, 2.45) is 5.41 Å². The summed E-state index contributed by atoms with van der Waals surface area (Å²) in [5, 5.41) is 8.86. The molecule has 1 saturated heterocycles. The lowest BCUT2D eigenvalue weighted by Crippen LogP contribution is -2.39. The second-order valence-electron chi connectivity index (χ2n) is 4.80. The van der Waals surface area contributed by atoms with Crippen molar-refractivity contribution in [3.05, 3.63) is 0 Å². The molecule has 2 fully saturated rings. The minimum Gasteiger partial charge on any atom is -0.348 e. The third-order valence-electron chi connectivity index (χ3n) is 4.09. The van der Waals surface area contributed by atoms with Crippen LogP contribution < -0.4 is 0 Å². The maximum absolute atomic E-state index is 8.86. The van der Waals surface area contributed by atoms with Gasteiger partial charge in [0.05, 0.1) is 19.3 Å². The summed E-state index contributed by atoms with van der Waals surface area (Å²) in [5.41, 5.74) is 0.231. The van der Waals surface area contributed by atoms with Crippen molar-refractivity contribution in [1.82, 2.24) is 0 Å². The Morgan fingerprint density at radius 3 is 2.20 bits per heavy atom. The van der Waals surface area contributed by atoms with Crippen molar-refractivity contribution in [2.75, 3.05) is 13.2 Å². The average Bonchev–Trinajstić information content (AvgIpc) is 2.72. The molecule has 1 aliphatic carbocycles. The Bertz CT molecular complexity index is 253. The first-order valence-corrected chi connectivity index (χ1v) is 5.89. The topological polar surface area (TPSA) is 42.2 Å². The van der Waals surface area contributed by atoms with Gasteiger partial charge in [-0.05, 0) is 24.7 Å². The quantitative estimate of drug-likeness (QED) is 0.702. The van der Waals surface area contributed by atoms with Gasteiger partial charge in [-0.3, -0.25) is 0 Å². The molecule has 3 nitrogen and oxygen atoms in total. The van der Waals surface area contributed by atoms with Crippen LogP contribution in [-0.2, 0) is 9.47 Å². The summed E-state index contributed by atoms with van der Waals surface area (Å²) in [5.74, 6) is -0.284. The van der Waals surface area contributed by atoms with Crippen molar-refractivity contribution in [3.63, 3.8) is 0 Å². The van der Waals surface area contributed by atoms with Crippen LogP contribution in [0.1, 0.15) is 45.4 Å². The van der Waals surface area contributed by atoms with E-state index in [9.17, 15) is 0 Å². The summed E-state index contributed by atoms with van der Waals surface area (Å²) in [6.07, 6.45) is 5.83. The fourth-order valence-corrected chi connectivity index (χ4v) is 2.77. The molecule has 0 N–H and O–H groups in total. The van der Waals surface area contributed by atoms with Gasteiger partial charge in [0.25, 0.3) is 0 Å². The first kappa shape index (κ1) is 10.9. The number of nitrogens with zero attached hydrogens (tertiary/aromatic N) is 1. The van der Waals surface area contributed by atoms with Crippen molar-refractivity contribution < 1.29 is 9.47 Å². The van der Waals surface area contributed by atoms with Gasteiger partial charge in [-0.1, -0.05) is 6.92 Å². The highest BCUT2D eigenvalue weighted by Crippen LogP contribution is 2.48. The van der Waals surface area contributed by atoms with Crippen molar-refractivity contribution in [1.29, 1.82) is 5.26 Å². The van der Waals surface area contributed by atoms with Gasteiger partial charge < -0.3 is 9.47 Å². The van der Waals surface area contributed by atoms with Crippen molar-refractivity contribution in [3.8, 4) is 6.07 Å². The van der Waals surface area contributed by atoms with E-state index in [1.165, 1.54) is 0 Å². The van der Waals surface area contributed by atoms with Gasteiger partial charge in [0.15, 0.2) is 5.79 Å². The number of hydrogen-bond donors (Lipinski definition) is 0. The average molecular weight is 209 g/mol. The molecule has 1 aliphatic heterocycles. The molecule has 3 heteroatoms. The van der Waals surface area contributed by atoms with Gasteiger partial charge in [0, 0.05) is 19.3 Å².